The Bertz CT molecular complexity index is 343. The number of halogens is 1. The van der Waals surface area contributed by atoms with E-state index in [1.165, 1.54) is 6.42 Å². The number of amides is 1. The third-order valence-electron chi connectivity index (χ3n) is 2.96. The van der Waals surface area contributed by atoms with Gasteiger partial charge in [-0.15, -0.1) is 12.4 Å². The van der Waals surface area contributed by atoms with E-state index in [1.54, 1.807) is 12.4 Å². The van der Waals surface area contributed by atoms with Gasteiger partial charge < -0.3 is 10.6 Å². The maximum Gasteiger partial charge on any atom is 0.241 e. The Morgan fingerprint density at radius 1 is 1.53 bits per heavy atom. The largest absolute Gasteiger partial charge is 0.322 e. The van der Waals surface area contributed by atoms with Crippen molar-refractivity contribution >= 4 is 24.0 Å². The summed E-state index contributed by atoms with van der Waals surface area (Å²) in [5.74, 6) is 0.800. The Labute approximate surface area is 93.4 Å². The molecule has 0 unspecified atom stereocenters. The van der Waals surface area contributed by atoms with Gasteiger partial charge in [0.1, 0.15) is 0 Å². The first-order chi connectivity index (χ1) is 6.83. The molecule has 3 atom stereocenters. The molecule has 1 saturated carbocycles. The smallest absolute Gasteiger partial charge is 0.241 e. The molecule has 1 saturated heterocycles. The molecule has 1 aliphatic heterocycles. The first kappa shape index (κ1) is 10.4. The van der Waals surface area contributed by atoms with Crippen LogP contribution in [0.3, 0.4) is 0 Å². The van der Waals surface area contributed by atoms with Crippen LogP contribution in [-0.4, -0.2) is 28.2 Å². The molecule has 1 aromatic heterocycles. The van der Waals surface area contributed by atoms with Crippen LogP contribution in [0.1, 0.15) is 12.8 Å². The molecule has 0 bridgehead atoms. The number of H-pyrrole nitrogens is 1. The lowest BCUT2D eigenvalue weighted by atomic mass is 10.1. The first-order valence-electron chi connectivity index (χ1n) is 4.88. The fourth-order valence-electron chi connectivity index (χ4n) is 2.07. The summed E-state index contributed by atoms with van der Waals surface area (Å²) in [5, 5.41) is 12.5. The Hall–Kier alpha value is -1.07. The summed E-state index contributed by atoms with van der Waals surface area (Å²) < 4.78 is 0. The molecule has 2 heterocycles. The Morgan fingerprint density at radius 3 is 3.00 bits per heavy atom. The molecule has 0 spiro atoms. The van der Waals surface area contributed by atoms with E-state index in [2.05, 4.69) is 20.8 Å². The lowest BCUT2D eigenvalue weighted by Crippen LogP contribution is -2.37. The van der Waals surface area contributed by atoms with Crippen molar-refractivity contribution in [2.45, 2.75) is 24.9 Å². The van der Waals surface area contributed by atoms with Gasteiger partial charge in [-0.25, -0.2) is 0 Å². The van der Waals surface area contributed by atoms with Crippen LogP contribution in [-0.2, 0) is 4.79 Å². The number of rotatable bonds is 2. The summed E-state index contributed by atoms with van der Waals surface area (Å²) in [6.07, 6.45) is 5.50. The summed E-state index contributed by atoms with van der Waals surface area (Å²) in [5.41, 5.74) is 0.734. The topological polar surface area (TPSA) is 69.8 Å². The van der Waals surface area contributed by atoms with Crippen LogP contribution in [0.25, 0.3) is 0 Å². The minimum absolute atomic E-state index is 0. The van der Waals surface area contributed by atoms with Gasteiger partial charge in [0.05, 0.1) is 17.9 Å². The number of fused-ring (bicyclic) bond motifs is 1. The van der Waals surface area contributed by atoms with Crippen LogP contribution < -0.4 is 10.6 Å². The Morgan fingerprint density at radius 2 is 2.40 bits per heavy atom. The van der Waals surface area contributed by atoms with Gasteiger partial charge in [-0.05, 0) is 18.8 Å². The van der Waals surface area contributed by atoms with Crippen LogP contribution in [0.5, 0.6) is 0 Å². The number of carbonyl (C=O) groups is 1. The van der Waals surface area contributed by atoms with E-state index in [9.17, 15) is 4.79 Å². The highest BCUT2D eigenvalue weighted by molar-refractivity contribution is 5.95. The van der Waals surface area contributed by atoms with Crippen molar-refractivity contribution in [3.8, 4) is 0 Å². The number of aromatic nitrogens is 2. The summed E-state index contributed by atoms with van der Waals surface area (Å²) in [6.45, 7) is 0. The fourth-order valence-corrected chi connectivity index (χ4v) is 2.07. The van der Waals surface area contributed by atoms with E-state index >= 15 is 0 Å². The molecule has 3 N–H and O–H groups in total. The predicted octanol–water partition coefficient (Wildman–Crippen LogP) is 0.520. The molecule has 1 aromatic rings. The number of hydrogen-bond acceptors (Lipinski definition) is 3. The van der Waals surface area contributed by atoms with Crippen molar-refractivity contribution in [1.82, 2.24) is 15.5 Å². The maximum atomic E-state index is 11.7. The van der Waals surface area contributed by atoms with Crippen molar-refractivity contribution in [3.63, 3.8) is 0 Å². The number of anilines is 1. The van der Waals surface area contributed by atoms with Gasteiger partial charge in [0, 0.05) is 12.2 Å². The molecule has 82 valence electrons. The van der Waals surface area contributed by atoms with Gasteiger partial charge >= 0.3 is 0 Å². The van der Waals surface area contributed by atoms with Gasteiger partial charge in [0.2, 0.25) is 5.91 Å². The molecular formula is C9H13ClN4O. The highest BCUT2D eigenvalue weighted by atomic mass is 35.5. The second-order valence-electron chi connectivity index (χ2n) is 4.03. The quantitative estimate of drug-likeness (QED) is 0.691. The fraction of sp³-hybridized carbons (Fsp3) is 0.556. The number of nitrogens with one attached hydrogen (secondary N) is 3. The van der Waals surface area contributed by atoms with Crippen LogP contribution in [0.15, 0.2) is 12.4 Å². The molecule has 0 aromatic carbocycles. The van der Waals surface area contributed by atoms with Crippen molar-refractivity contribution in [3.05, 3.63) is 12.4 Å². The van der Waals surface area contributed by atoms with Crippen LogP contribution in [0, 0.1) is 5.92 Å². The highest BCUT2D eigenvalue weighted by Gasteiger charge is 2.47. The number of nitrogens with zero attached hydrogens (tertiary/aromatic N) is 1. The average Bonchev–Trinajstić information content (AvgIpc) is 2.68. The van der Waals surface area contributed by atoms with Crippen molar-refractivity contribution in [1.29, 1.82) is 0 Å². The normalized spacial score (nSPS) is 31.6. The number of piperidine rings is 1. The van der Waals surface area contributed by atoms with Crippen LogP contribution >= 0.6 is 12.4 Å². The zero-order valence-corrected chi connectivity index (χ0v) is 8.88. The molecule has 1 amide bonds. The van der Waals surface area contributed by atoms with Gasteiger partial charge in [-0.3, -0.25) is 9.89 Å². The Kier molecular flexibility index (Phi) is 2.67. The SMILES string of the molecule is Cl.O=C(Nc1cn[nH]c1)[C@@H]1C[C@H]2C[C@H]2N1. The average molecular weight is 229 g/mol. The third kappa shape index (κ3) is 1.98. The van der Waals surface area contributed by atoms with Gasteiger partial charge in [-0.2, -0.15) is 5.10 Å². The molecule has 15 heavy (non-hydrogen) atoms. The summed E-state index contributed by atoms with van der Waals surface area (Å²) in [6, 6.07) is 0.601. The van der Waals surface area contributed by atoms with E-state index in [0.29, 0.717) is 6.04 Å². The zero-order valence-electron chi connectivity index (χ0n) is 8.06. The maximum absolute atomic E-state index is 11.7. The second-order valence-corrected chi connectivity index (χ2v) is 4.03. The first-order valence-corrected chi connectivity index (χ1v) is 4.88. The van der Waals surface area contributed by atoms with E-state index in [-0.39, 0.29) is 24.4 Å². The third-order valence-corrected chi connectivity index (χ3v) is 2.96. The monoisotopic (exact) mass is 228 g/mol. The minimum atomic E-state index is -0.00588. The van der Waals surface area contributed by atoms with Gasteiger partial charge in [-0.1, -0.05) is 0 Å². The van der Waals surface area contributed by atoms with Gasteiger partial charge in [0.25, 0.3) is 0 Å². The molecule has 2 aliphatic rings. The number of aromatic amines is 1. The summed E-state index contributed by atoms with van der Waals surface area (Å²) in [4.78, 5) is 11.7. The molecule has 5 nitrogen and oxygen atoms in total. The number of carbonyl (C=O) groups excluding carboxylic acids is 1. The van der Waals surface area contributed by atoms with Crippen molar-refractivity contribution < 1.29 is 4.79 Å². The molecular weight excluding hydrogens is 216 g/mol. The number of hydrogen-bond donors (Lipinski definition) is 3. The lowest BCUT2D eigenvalue weighted by Gasteiger charge is -2.11. The van der Waals surface area contributed by atoms with Gasteiger partial charge in [0.15, 0.2) is 0 Å². The molecule has 2 fully saturated rings. The molecule has 1 aliphatic carbocycles. The van der Waals surface area contributed by atoms with Crippen LogP contribution in [0.4, 0.5) is 5.69 Å². The zero-order chi connectivity index (χ0) is 9.54. The molecule has 0 radical (unpaired) electrons. The van der Waals surface area contributed by atoms with Crippen LogP contribution in [0.2, 0.25) is 0 Å². The van der Waals surface area contributed by atoms with E-state index in [0.717, 1.165) is 18.0 Å². The Balaban J connectivity index is 0.000000853. The predicted molar refractivity (Wildman–Crippen MR) is 57.9 cm³/mol. The van der Waals surface area contributed by atoms with Crippen molar-refractivity contribution in [2.75, 3.05) is 5.32 Å². The van der Waals surface area contributed by atoms with Crippen molar-refractivity contribution in [2.24, 2.45) is 5.92 Å². The summed E-state index contributed by atoms with van der Waals surface area (Å²) in [7, 11) is 0. The summed E-state index contributed by atoms with van der Waals surface area (Å²) >= 11 is 0. The molecule has 3 rings (SSSR count). The van der Waals surface area contributed by atoms with E-state index in [1.807, 2.05) is 0 Å². The molecule has 6 heteroatoms. The second kappa shape index (κ2) is 3.83. The van der Waals surface area contributed by atoms with E-state index < -0.39 is 0 Å². The van der Waals surface area contributed by atoms with E-state index in [4.69, 9.17) is 0 Å². The standard InChI is InChI=1S/C9H12N4O.ClH/c14-9(12-6-3-10-11-4-6)8-2-5-1-7(5)13-8;/h3-5,7-8,13H,1-2H2,(H,10,11)(H,12,14);1H/t5-,7-,8+;/m1./s1. The minimum Gasteiger partial charge on any atom is -0.322 e. The lowest BCUT2D eigenvalue weighted by molar-refractivity contribution is -0.118. The highest BCUT2D eigenvalue weighted by Crippen LogP contribution is 2.40.